The second-order valence-electron chi connectivity index (χ2n) is 6.17. The van der Waals surface area contributed by atoms with Crippen molar-refractivity contribution in [3.05, 3.63) is 35.1 Å². The molecule has 0 spiro atoms. The molecule has 1 aromatic rings. The number of hydrogen-bond donors (Lipinski definition) is 0. The van der Waals surface area contributed by atoms with Crippen molar-refractivity contribution < 1.29 is 18.7 Å². The molecule has 6 heteroatoms. The normalized spacial score (nSPS) is 23.5. The average Bonchev–Trinajstić information content (AvgIpc) is 3.06. The van der Waals surface area contributed by atoms with Crippen molar-refractivity contribution >= 4 is 11.8 Å². The molecule has 2 amide bonds. The Morgan fingerprint density at radius 2 is 2.17 bits per heavy atom. The van der Waals surface area contributed by atoms with Crippen LogP contribution in [0.5, 0.6) is 0 Å². The zero-order valence-corrected chi connectivity index (χ0v) is 13.4. The fourth-order valence-electron chi connectivity index (χ4n) is 3.55. The maximum Gasteiger partial charge on any atom is 0.254 e. The van der Waals surface area contributed by atoms with E-state index in [0.717, 1.165) is 6.42 Å². The highest BCUT2D eigenvalue weighted by Crippen LogP contribution is 2.33. The van der Waals surface area contributed by atoms with Crippen molar-refractivity contribution in [2.24, 2.45) is 0 Å². The molecule has 2 fully saturated rings. The molecule has 124 valence electrons. The number of halogens is 1. The van der Waals surface area contributed by atoms with Crippen molar-refractivity contribution in [2.45, 2.75) is 31.8 Å². The van der Waals surface area contributed by atoms with Gasteiger partial charge in [-0.05, 0) is 31.0 Å². The first-order valence-electron chi connectivity index (χ1n) is 7.88. The first kappa shape index (κ1) is 15.9. The third kappa shape index (κ3) is 2.83. The van der Waals surface area contributed by atoms with Crippen LogP contribution in [0, 0.1) is 12.7 Å². The molecule has 0 N–H and O–H groups in total. The molecule has 0 bridgehead atoms. The van der Waals surface area contributed by atoms with Crippen LogP contribution in [-0.2, 0) is 9.53 Å². The van der Waals surface area contributed by atoms with Gasteiger partial charge in [0, 0.05) is 32.2 Å². The lowest BCUT2D eigenvalue weighted by atomic mass is 10.1. The van der Waals surface area contributed by atoms with Crippen LogP contribution < -0.4 is 0 Å². The van der Waals surface area contributed by atoms with Gasteiger partial charge in [0.25, 0.3) is 5.91 Å². The maximum atomic E-state index is 13.7. The van der Waals surface area contributed by atoms with Crippen molar-refractivity contribution in [1.29, 1.82) is 0 Å². The molecule has 2 heterocycles. The van der Waals surface area contributed by atoms with E-state index in [1.165, 1.54) is 6.07 Å². The maximum absolute atomic E-state index is 13.7. The lowest BCUT2D eigenvalue weighted by molar-refractivity contribution is -0.129. The van der Waals surface area contributed by atoms with Crippen LogP contribution in [0.3, 0.4) is 0 Å². The summed E-state index contributed by atoms with van der Waals surface area (Å²) < 4.78 is 18.8. The summed E-state index contributed by atoms with van der Waals surface area (Å²) >= 11 is 0. The van der Waals surface area contributed by atoms with Gasteiger partial charge >= 0.3 is 0 Å². The van der Waals surface area contributed by atoms with Gasteiger partial charge in [0.2, 0.25) is 5.91 Å². The van der Waals surface area contributed by atoms with E-state index in [0.29, 0.717) is 37.2 Å². The number of carbonyl (C=O) groups is 2. The van der Waals surface area contributed by atoms with E-state index in [4.69, 9.17) is 4.74 Å². The van der Waals surface area contributed by atoms with E-state index in [2.05, 4.69) is 0 Å². The van der Waals surface area contributed by atoms with Crippen molar-refractivity contribution in [1.82, 2.24) is 9.80 Å². The lowest BCUT2D eigenvalue weighted by Crippen LogP contribution is -2.40. The fourth-order valence-corrected chi connectivity index (χ4v) is 3.55. The number of rotatable bonds is 4. The van der Waals surface area contributed by atoms with Gasteiger partial charge in [0.15, 0.2) is 0 Å². The molecular weight excluding hydrogens is 299 g/mol. The van der Waals surface area contributed by atoms with Crippen molar-refractivity contribution in [3.63, 3.8) is 0 Å². The minimum absolute atomic E-state index is 0.0527. The standard InChI is InChI=1S/C17H21FN2O3/c1-11-3-4-12(9-13(11)18)17(22)20-6-5-14-15(20)10-16(21)19(14)7-8-23-2/h3-4,9,14-15H,5-8,10H2,1-2H3. The van der Waals surface area contributed by atoms with Crippen molar-refractivity contribution in [3.8, 4) is 0 Å². The SMILES string of the molecule is COCCN1C(=O)CC2C1CCN2C(=O)c1ccc(C)c(F)c1. The summed E-state index contributed by atoms with van der Waals surface area (Å²) in [6.07, 6.45) is 1.11. The number of nitrogens with zero attached hydrogens (tertiary/aromatic N) is 2. The number of likely N-dealkylation sites (tertiary alicyclic amines) is 2. The molecule has 1 aromatic carbocycles. The van der Waals surface area contributed by atoms with E-state index < -0.39 is 0 Å². The van der Waals surface area contributed by atoms with E-state index in [1.54, 1.807) is 31.1 Å². The van der Waals surface area contributed by atoms with E-state index in [1.807, 2.05) is 4.90 Å². The Labute approximate surface area is 135 Å². The summed E-state index contributed by atoms with van der Waals surface area (Å²) in [6.45, 7) is 3.31. The first-order chi connectivity index (χ1) is 11.0. The lowest BCUT2D eigenvalue weighted by Gasteiger charge is -2.25. The Balaban J connectivity index is 1.76. The number of amides is 2. The van der Waals surface area contributed by atoms with Crippen LogP contribution in [0.4, 0.5) is 4.39 Å². The molecule has 2 unspecified atom stereocenters. The molecule has 2 saturated heterocycles. The van der Waals surface area contributed by atoms with Crippen LogP contribution in [-0.4, -0.2) is 60.5 Å². The third-order valence-corrected chi connectivity index (χ3v) is 4.83. The van der Waals surface area contributed by atoms with Crippen LogP contribution in [0.15, 0.2) is 18.2 Å². The summed E-state index contributed by atoms with van der Waals surface area (Å²) in [5, 5.41) is 0. The topological polar surface area (TPSA) is 49.9 Å². The average molecular weight is 320 g/mol. The Morgan fingerprint density at radius 3 is 2.87 bits per heavy atom. The molecule has 0 aromatic heterocycles. The summed E-state index contributed by atoms with van der Waals surface area (Å²) in [5.74, 6) is -0.516. The molecule has 2 aliphatic heterocycles. The zero-order valence-electron chi connectivity index (χ0n) is 13.4. The van der Waals surface area contributed by atoms with Crippen LogP contribution in [0.1, 0.15) is 28.8 Å². The minimum Gasteiger partial charge on any atom is -0.383 e. The second-order valence-corrected chi connectivity index (χ2v) is 6.17. The summed E-state index contributed by atoms with van der Waals surface area (Å²) in [5.41, 5.74) is 0.860. The van der Waals surface area contributed by atoms with Gasteiger partial charge in [0.05, 0.1) is 18.7 Å². The largest absolute Gasteiger partial charge is 0.383 e. The van der Waals surface area contributed by atoms with Crippen LogP contribution in [0.25, 0.3) is 0 Å². The van der Waals surface area contributed by atoms with Gasteiger partial charge < -0.3 is 14.5 Å². The van der Waals surface area contributed by atoms with Gasteiger partial charge in [-0.2, -0.15) is 0 Å². The van der Waals surface area contributed by atoms with E-state index in [-0.39, 0.29) is 29.7 Å². The number of fused-ring (bicyclic) bond motifs is 1. The van der Waals surface area contributed by atoms with Crippen LogP contribution >= 0.6 is 0 Å². The Morgan fingerprint density at radius 1 is 1.39 bits per heavy atom. The summed E-state index contributed by atoms with van der Waals surface area (Å²) in [6, 6.07) is 4.48. The molecule has 2 atom stereocenters. The smallest absolute Gasteiger partial charge is 0.254 e. The third-order valence-electron chi connectivity index (χ3n) is 4.83. The first-order valence-corrected chi connectivity index (χ1v) is 7.88. The molecular formula is C17H21FN2O3. The van der Waals surface area contributed by atoms with Gasteiger partial charge in [-0.25, -0.2) is 4.39 Å². The molecule has 2 aliphatic rings. The predicted molar refractivity (Wildman–Crippen MR) is 82.6 cm³/mol. The fraction of sp³-hybridized carbons (Fsp3) is 0.529. The zero-order chi connectivity index (χ0) is 16.6. The molecule has 5 nitrogen and oxygen atoms in total. The Kier molecular flexibility index (Phi) is 4.35. The Hall–Kier alpha value is -1.95. The van der Waals surface area contributed by atoms with Gasteiger partial charge in [-0.1, -0.05) is 6.07 Å². The quantitative estimate of drug-likeness (QED) is 0.847. The number of ether oxygens (including phenoxy) is 1. The molecule has 3 rings (SSSR count). The highest BCUT2D eigenvalue weighted by molar-refractivity contribution is 5.95. The summed E-state index contributed by atoms with van der Waals surface area (Å²) in [4.78, 5) is 28.4. The molecule has 0 aliphatic carbocycles. The number of carbonyl (C=O) groups excluding carboxylic acids is 2. The van der Waals surface area contributed by atoms with Crippen molar-refractivity contribution in [2.75, 3.05) is 26.8 Å². The van der Waals surface area contributed by atoms with Gasteiger partial charge in [-0.15, -0.1) is 0 Å². The number of aryl methyl sites for hydroxylation is 1. The van der Waals surface area contributed by atoms with Crippen LogP contribution in [0.2, 0.25) is 0 Å². The monoisotopic (exact) mass is 320 g/mol. The highest BCUT2D eigenvalue weighted by atomic mass is 19.1. The summed E-state index contributed by atoms with van der Waals surface area (Å²) in [7, 11) is 1.61. The molecule has 0 saturated carbocycles. The highest BCUT2D eigenvalue weighted by Gasteiger charge is 2.48. The van der Waals surface area contributed by atoms with Gasteiger partial charge in [0.1, 0.15) is 5.82 Å². The Bertz CT molecular complexity index is 634. The van der Waals surface area contributed by atoms with E-state index >= 15 is 0 Å². The van der Waals surface area contributed by atoms with Gasteiger partial charge in [-0.3, -0.25) is 9.59 Å². The predicted octanol–water partition coefficient (Wildman–Crippen LogP) is 1.60. The molecule has 23 heavy (non-hydrogen) atoms. The second kappa shape index (κ2) is 6.28. The number of benzene rings is 1. The minimum atomic E-state index is -0.379. The number of hydrogen-bond acceptors (Lipinski definition) is 3. The van der Waals surface area contributed by atoms with E-state index in [9.17, 15) is 14.0 Å². The number of methoxy groups -OCH3 is 1. The molecule has 0 radical (unpaired) electrons.